The molecule has 0 amide bonds. The summed E-state index contributed by atoms with van der Waals surface area (Å²) < 4.78 is 0. The number of anilines is 1. The van der Waals surface area contributed by atoms with Crippen molar-refractivity contribution in [3.05, 3.63) is 29.3 Å². The highest BCUT2D eigenvalue weighted by Crippen LogP contribution is 2.30. The van der Waals surface area contributed by atoms with Crippen LogP contribution in [0.3, 0.4) is 0 Å². The molecule has 1 atom stereocenters. The molecule has 0 aromatic heterocycles. The second kappa shape index (κ2) is 4.90. The molecular formula is C15H24N2O. The Hall–Kier alpha value is -1.06. The Balaban J connectivity index is 2.36. The summed E-state index contributed by atoms with van der Waals surface area (Å²) in [4.78, 5) is 2.42. The van der Waals surface area contributed by atoms with Crippen molar-refractivity contribution < 1.29 is 5.11 Å². The molecule has 3 heteroatoms. The number of piperazine rings is 1. The van der Waals surface area contributed by atoms with Crippen molar-refractivity contribution in [3.8, 4) is 0 Å². The van der Waals surface area contributed by atoms with Crippen LogP contribution in [-0.2, 0) is 0 Å². The third kappa shape index (κ3) is 2.52. The zero-order valence-electron chi connectivity index (χ0n) is 11.8. The lowest BCUT2D eigenvalue weighted by molar-refractivity contribution is 0.210. The van der Waals surface area contributed by atoms with Gasteiger partial charge >= 0.3 is 0 Å². The zero-order chi connectivity index (χ0) is 13.3. The normalized spacial score (nSPS) is 23.2. The van der Waals surface area contributed by atoms with Crippen LogP contribution in [-0.4, -0.2) is 36.4 Å². The highest BCUT2D eigenvalue weighted by molar-refractivity contribution is 5.57. The fourth-order valence-electron chi connectivity index (χ4n) is 2.58. The minimum absolute atomic E-state index is 0.0736. The van der Waals surface area contributed by atoms with Gasteiger partial charge in [-0.3, -0.25) is 0 Å². The number of aliphatic hydroxyl groups excluding tert-OH is 1. The van der Waals surface area contributed by atoms with Crippen LogP contribution in [0.5, 0.6) is 0 Å². The monoisotopic (exact) mass is 248 g/mol. The lowest BCUT2D eigenvalue weighted by Crippen LogP contribution is -2.63. The molecule has 1 aliphatic rings. The van der Waals surface area contributed by atoms with Crippen molar-refractivity contribution in [1.82, 2.24) is 5.32 Å². The minimum atomic E-state index is 0.0736. The molecule has 0 radical (unpaired) electrons. The summed E-state index contributed by atoms with van der Waals surface area (Å²) in [6.45, 7) is 10.7. The van der Waals surface area contributed by atoms with Gasteiger partial charge in [-0.05, 0) is 44.9 Å². The van der Waals surface area contributed by atoms with E-state index in [4.69, 9.17) is 0 Å². The molecule has 0 spiro atoms. The van der Waals surface area contributed by atoms with Crippen molar-refractivity contribution in [2.45, 2.75) is 39.3 Å². The molecule has 0 aliphatic carbocycles. The van der Waals surface area contributed by atoms with E-state index in [2.05, 4.69) is 56.1 Å². The van der Waals surface area contributed by atoms with E-state index in [0.29, 0.717) is 0 Å². The van der Waals surface area contributed by atoms with E-state index in [9.17, 15) is 5.11 Å². The summed E-state index contributed by atoms with van der Waals surface area (Å²) >= 11 is 0. The summed E-state index contributed by atoms with van der Waals surface area (Å²) in [5, 5.41) is 12.8. The molecule has 2 rings (SSSR count). The van der Waals surface area contributed by atoms with Gasteiger partial charge in [0.2, 0.25) is 0 Å². The van der Waals surface area contributed by atoms with Gasteiger partial charge in [0.25, 0.3) is 0 Å². The number of hydrogen-bond donors (Lipinski definition) is 2. The van der Waals surface area contributed by atoms with Crippen LogP contribution in [0.15, 0.2) is 18.2 Å². The Morgan fingerprint density at radius 1 is 1.39 bits per heavy atom. The smallest absolute Gasteiger partial charge is 0.0601 e. The third-order valence-electron chi connectivity index (χ3n) is 3.83. The van der Waals surface area contributed by atoms with Crippen LogP contribution >= 0.6 is 0 Å². The van der Waals surface area contributed by atoms with E-state index in [1.807, 2.05) is 0 Å². The molecule has 0 saturated carbocycles. The van der Waals surface area contributed by atoms with Crippen LogP contribution in [0, 0.1) is 13.8 Å². The van der Waals surface area contributed by atoms with E-state index in [1.165, 1.54) is 16.8 Å². The molecule has 1 aromatic carbocycles. The van der Waals surface area contributed by atoms with Gasteiger partial charge in [0.1, 0.15) is 0 Å². The fourth-order valence-corrected chi connectivity index (χ4v) is 2.58. The number of aliphatic hydroxyl groups is 1. The summed E-state index contributed by atoms with van der Waals surface area (Å²) in [7, 11) is 0. The van der Waals surface area contributed by atoms with E-state index in [0.717, 1.165) is 13.1 Å². The van der Waals surface area contributed by atoms with E-state index >= 15 is 0 Å². The molecule has 1 unspecified atom stereocenters. The number of benzene rings is 1. The molecule has 18 heavy (non-hydrogen) atoms. The number of hydrogen-bond acceptors (Lipinski definition) is 3. The first-order chi connectivity index (χ1) is 8.44. The van der Waals surface area contributed by atoms with Crippen molar-refractivity contribution in [2.75, 3.05) is 24.6 Å². The molecule has 1 aliphatic heterocycles. The first-order valence-corrected chi connectivity index (χ1v) is 6.63. The molecular weight excluding hydrogens is 224 g/mol. The summed E-state index contributed by atoms with van der Waals surface area (Å²) in [5.74, 6) is 0. The molecule has 1 aromatic rings. The minimum Gasteiger partial charge on any atom is -0.395 e. The van der Waals surface area contributed by atoms with Crippen molar-refractivity contribution in [3.63, 3.8) is 0 Å². The van der Waals surface area contributed by atoms with Crippen LogP contribution in [0.25, 0.3) is 0 Å². The Kier molecular flexibility index (Phi) is 3.64. The predicted molar refractivity (Wildman–Crippen MR) is 76.2 cm³/mol. The Morgan fingerprint density at radius 3 is 2.78 bits per heavy atom. The predicted octanol–water partition coefficient (Wildman–Crippen LogP) is 1.85. The third-order valence-corrected chi connectivity index (χ3v) is 3.83. The van der Waals surface area contributed by atoms with Gasteiger partial charge in [-0.2, -0.15) is 0 Å². The number of aryl methyl sites for hydroxylation is 2. The lowest BCUT2D eigenvalue weighted by atomic mass is 9.95. The van der Waals surface area contributed by atoms with Crippen molar-refractivity contribution >= 4 is 5.69 Å². The van der Waals surface area contributed by atoms with Crippen LogP contribution in [0.1, 0.15) is 25.0 Å². The van der Waals surface area contributed by atoms with Gasteiger partial charge in [0, 0.05) is 30.4 Å². The standard InChI is InChI=1S/C15H24N2O/c1-11-5-6-12(2)14(7-11)17-8-13(9-18)16-10-15(17,3)4/h5-7,13,16,18H,8-10H2,1-4H3. The fraction of sp³-hybridized carbons (Fsp3) is 0.600. The SMILES string of the molecule is Cc1ccc(C)c(N2CC(CO)NCC2(C)C)c1. The van der Waals surface area contributed by atoms with Gasteiger partial charge in [-0.25, -0.2) is 0 Å². The van der Waals surface area contributed by atoms with Gasteiger partial charge < -0.3 is 15.3 Å². The molecule has 1 fully saturated rings. The van der Waals surface area contributed by atoms with Gasteiger partial charge in [0.15, 0.2) is 0 Å². The Bertz CT molecular complexity index is 429. The van der Waals surface area contributed by atoms with Gasteiger partial charge in [-0.1, -0.05) is 12.1 Å². The quantitative estimate of drug-likeness (QED) is 0.838. The highest BCUT2D eigenvalue weighted by atomic mass is 16.3. The average Bonchev–Trinajstić information content (AvgIpc) is 2.32. The topological polar surface area (TPSA) is 35.5 Å². The summed E-state index contributed by atoms with van der Waals surface area (Å²) in [6, 6.07) is 6.74. The second-order valence-corrected chi connectivity index (χ2v) is 5.97. The number of nitrogens with zero attached hydrogens (tertiary/aromatic N) is 1. The zero-order valence-corrected chi connectivity index (χ0v) is 11.8. The molecule has 100 valence electrons. The van der Waals surface area contributed by atoms with E-state index in [-0.39, 0.29) is 18.2 Å². The molecule has 1 heterocycles. The van der Waals surface area contributed by atoms with E-state index < -0.39 is 0 Å². The van der Waals surface area contributed by atoms with Gasteiger partial charge in [-0.15, -0.1) is 0 Å². The molecule has 0 bridgehead atoms. The van der Waals surface area contributed by atoms with Crippen LogP contribution in [0.2, 0.25) is 0 Å². The Morgan fingerprint density at radius 2 is 2.11 bits per heavy atom. The molecule has 1 saturated heterocycles. The van der Waals surface area contributed by atoms with Crippen LogP contribution < -0.4 is 10.2 Å². The lowest BCUT2D eigenvalue weighted by Gasteiger charge is -2.48. The maximum Gasteiger partial charge on any atom is 0.0601 e. The van der Waals surface area contributed by atoms with Crippen LogP contribution in [0.4, 0.5) is 5.69 Å². The second-order valence-electron chi connectivity index (χ2n) is 5.97. The average molecular weight is 248 g/mol. The van der Waals surface area contributed by atoms with Gasteiger partial charge in [0.05, 0.1) is 6.61 Å². The summed E-state index contributed by atoms with van der Waals surface area (Å²) in [5.41, 5.74) is 3.95. The van der Waals surface area contributed by atoms with Crippen molar-refractivity contribution in [1.29, 1.82) is 0 Å². The van der Waals surface area contributed by atoms with Crippen molar-refractivity contribution in [2.24, 2.45) is 0 Å². The number of nitrogens with one attached hydrogen (secondary N) is 1. The largest absolute Gasteiger partial charge is 0.395 e. The first kappa shape index (κ1) is 13.4. The Labute approximate surface area is 110 Å². The molecule has 2 N–H and O–H groups in total. The maximum atomic E-state index is 9.36. The maximum absolute atomic E-state index is 9.36. The van der Waals surface area contributed by atoms with E-state index in [1.54, 1.807) is 0 Å². The molecule has 3 nitrogen and oxygen atoms in total. The first-order valence-electron chi connectivity index (χ1n) is 6.63. The number of rotatable bonds is 2. The summed E-state index contributed by atoms with van der Waals surface area (Å²) in [6.07, 6.45) is 0. The highest BCUT2D eigenvalue weighted by Gasteiger charge is 2.34.